The van der Waals surface area contributed by atoms with Crippen molar-refractivity contribution in [1.29, 1.82) is 0 Å². The van der Waals surface area contributed by atoms with Gasteiger partial charge in [-0.1, -0.05) is 35.9 Å². The molecular formula is C26H32ClNO4. The highest BCUT2D eigenvalue weighted by Crippen LogP contribution is 2.38. The van der Waals surface area contributed by atoms with E-state index in [4.69, 9.17) is 9.47 Å². The fourth-order valence-corrected chi connectivity index (χ4v) is 3.77. The summed E-state index contributed by atoms with van der Waals surface area (Å²) in [5, 5.41) is 9.97. The molecule has 0 spiro atoms. The molecule has 1 aliphatic heterocycles. The number of hydrogen-bond donors (Lipinski definition) is 1. The molecule has 1 heterocycles. The second kappa shape index (κ2) is 11.7. The summed E-state index contributed by atoms with van der Waals surface area (Å²) < 4.78 is 10.4. The molecule has 2 aromatic carbocycles. The summed E-state index contributed by atoms with van der Waals surface area (Å²) in [5.41, 5.74) is 6.61. The van der Waals surface area contributed by atoms with Crippen LogP contribution in [0.5, 0.6) is 5.75 Å². The standard InChI is InChI=1S/C19H23NO4.C7H8.ClH/c1-4-24-19(22)17-11-20(6-5-18(17)21)10-13-8-15-12(2)7-14(23-3)9-16(13)15;1-7-5-3-2-4-6-7;/h7-9,21H,4-6,10-11H2,1-3H3;2-6H,1H3;1H. The number of methoxy groups -OCH3 is 1. The number of fused-ring (bicyclic) bond motifs is 1. The average molecular weight is 458 g/mol. The Morgan fingerprint density at radius 3 is 2.47 bits per heavy atom. The molecule has 0 bridgehead atoms. The van der Waals surface area contributed by atoms with Gasteiger partial charge in [-0.15, -0.1) is 12.4 Å². The van der Waals surface area contributed by atoms with Crippen LogP contribution >= 0.6 is 12.4 Å². The normalized spacial score (nSPS) is 14.7. The second-order valence-corrected chi connectivity index (χ2v) is 7.84. The highest BCUT2D eigenvalue weighted by molar-refractivity contribution is 5.98. The van der Waals surface area contributed by atoms with Crippen LogP contribution in [-0.2, 0) is 9.53 Å². The molecule has 172 valence electrons. The zero-order valence-corrected chi connectivity index (χ0v) is 20.0. The summed E-state index contributed by atoms with van der Waals surface area (Å²) in [6, 6.07) is 14.4. The van der Waals surface area contributed by atoms with Gasteiger partial charge < -0.3 is 14.6 Å². The molecule has 0 unspecified atom stereocenters. The van der Waals surface area contributed by atoms with Gasteiger partial charge in [0, 0.05) is 26.1 Å². The van der Waals surface area contributed by atoms with E-state index in [2.05, 4.69) is 43.0 Å². The minimum atomic E-state index is -0.416. The van der Waals surface area contributed by atoms with E-state index in [-0.39, 0.29) is 18.2 Å². The van der Waals surface area contributed by atoms with E-state index in [0.29, 0.717) is 25.1 Å². The number of halogens is 1. The lowest BCUT2D eigenvalue weighted by atomic mass is 9.84. The Balaban J connectivity index is 0.000000388. The first kappa shape index (κ1) is 25.5. The van der Waals surface area contributed by atoms with E-state index in [0.717, 1.165) is 18.8 Å². The molecule has 32 heavy (non-hydrogen) atoms. The molecule has 2 aromatic rings. The Morgan fingerprint density at radius 1 is 1.16 bits per heavy atom. The van der Waals surface area contributed by atoms with Crippen molar-refractivity contribution in [3.63, 3.8) is 0 Å². The molecule has 0 atom stereocenters. The first-order valence-electron chi connectivity index (χ1n) is 10.6. The van der Waals surface area contributed by atoms with Crippen molar-refractivity contribution in [2.75, 3.05) is 33.4 Å². The fraction of sp³-hybridized carbons (Fsp3) is 0.346. The molecule has 0 aromatic heterocycles. The first-order valence-corrected chi connectivity index (χ1v) is 10.6. The minimum Gasteiger partial charge on any atom is -0.512 e. The van der Waals surface area contributed by atoms with Crippen LogP contribution in [0.1, 0.15) is 35.6 Å². The zero-order valence-electron chi connectivity index (χ0n) is 19.2. The number of aliphatic hydroxyl groups is 1. The average Bonchev–Trinajstić information content (AvgIpc) is 2.75. The van der Waals surface area contributed by atoms with Crippen LogP contribution in [-0.4, -0.2) is 49.3 Å². The van der Waals surface area contributed by atoms with Crippen molar-refractivity contribution < 1.29 is 19.4 Å². The van der Waals surface area contributed by atoms with Crippen LogP contribution in [0, 0.1) is 13.8 Å². The third kappa shape index (κ3) is 6.15. The van der Waals surface area contributed by atoms with Crippen LogP contribution in [0.25, 0.3) is 11.6 Å². The Kier molecular flexibility index (Phi) is 9.36. The first-order chi connectivity index (χ1) is 14.9. The van der Waals surface area contributed by atoms with Crippen molar-refractivity contribution in [3.8, 4) is 5.75 Å². The van der Waals surface area contributed by atoms with Crippen molar-refractivity contribution in [2.24, 2.45) is 0 Å². The van der Waals surface area contributed by atoms with E-state index >= 15 is 0 Å². The van der Waals surface area contributed by atoms with Gasteiger partial charge in [-0.05, 0) is 61.2 Å². The van der Waals surface area contributed by atoms with E-state index in [9.17, 15) is 9.90 Å². The monoisotopic (exact) mass is 457 g/mol. The van der Waals surface area contributed by atoms with Gasteiger partial charge in [-0.3, -0.25) is 4.90 Å². The van der Waals surface area contributed by atoms with E-state index in [1.165, 1.54) is 27.8 Å². The Labute approximate surface area is 196 Å². The van der Waals surface area contributed by atoms with Crippen LogP contribution in [0.4, 0.5) is 0 Å². The molecule has 1 N–H and O–H groups in total. The Morgan fingerprint density at radius 2 is 1.88 bits per heavy atom. The molecule has 0 amide bonds. The third-order valence-electron chi connectivity index (χ3n) is 5.51. The number of nitrogens with zero attached hydrogens (tertiary/aromatic N) is 1. The molecule has 1 aliphatic carbocycles. The van der Waals surface area contributed by atoms with Gasteiger partial charge >= 0.3 is 5.97 Å². The maximum absolute atomic E-state index is 12.0. The summed E-state index contributed by atoms with van der Waals surface area (Å²) >= 11 is 0. The van der Waals surface area contributed by atoms with Crippen molar-refractivity contribution in [2.45, 2.75) is 27.2 Å². The molecule has 0 saturated carbocycles. The van der Waals surface area contributed by atoms with Gasteiger partial charge in [0.25, 0.3) is 0 Å². The summed E-state index contributed by atoms with van der Waals surface area (Å²) in [4.78, 5) is 14.1. The van der Waals surface area contributed by atoms with E-state index in [1.807, 2.05) is 24.3 Å². The number of ether oxygens (including phenoxy) is 2. The summed E-state index contributed by atoms with van der Waals surface area (Å²) in [7, 11) is 1.67. The Bertz CT molecular complexity index is 998. The molecule has 2 aliphatic rings. The lowest BCUT2D eigenvalue weighted by Gasteiger charge is -2.32. The predicted molar refractivity (Wildman–Crippen MR) is 131 cm³/mol. The van der Waals surface area contributed by atoms with Gasteiger partial charge in [0.05, 0.1) is 19.3 Å². The quantitative estimate of drug-likeness (QED) is 0.613. The summed E-state index contributed by atoms with van der Waals surface area (Å²) in [6.45, 7) is 8.13. The summed E-state index contributed by atoms with van der Waals surface area (Å²) in [5.74, 6) is 0.602. The van der Waals surface area contributed by atoms with Crippen molar-refractivity contribution in [3.05, 3.63) is 76.1 Å². The topological polar surface area (TPSA) is 59.0 Å². The lowest BCUT2D eigenvalue weighted by molar-refractivity contribution is -0.139. The second-order valence-electron chi connectivity index (χ2n) is 7.84. The molecule has 4 rings (SSSR count). The van der Waals surface area contributed by atoms with E-state index < -0.39 is 5.97 Å². The number of carbonyl (C=O) groups excluding carboxylic acids is 1. The molecule has 0 fully saturated rings. The molecule has 6 heteroatoms. The molecule has 5 nitrogen and oxygen atoms in total. The van der Waals surface area contributed by atoms with Crippen molar-refractivity contribution >= 4 is 30.0 Å². The maximum atomic E-state index is 12.0. The third-order valence-corrected chi connectivity index (χ3v) is 5.51. The highest BCUT2D eigenvalue weighted by Gasteiger charge is 2.27. The molecule has 0 radical (unpaired) electrons. The van der Waals surface area contributed by atoms with Crippen molar-refractivity contribution in [1.82, 2.24) is 4.90 Å². The SMILES string of the molecule is CCOC(=O)C1=C(O)CCN(CC2=Cc3c(C)cc(OC)cc32)C1.Cc1ccccc1.Cl. The minimum absolute atomic E-state index is 0. The number of carbonyl (C=O) groups is 1. The number of esters is 1. The number of aliphatic hydroxyl groups excluding tert-OH is 1. The predicted octanol–water partition coefficient (Wildman–Crippen LogP) is 5.36. The van der Waals surface area contributed by atoms with Crippen LogP contribution in [0.2, 0.25) is 0 Å². The molecular weight excluding hydrogens is 426 g/mol. The van der Waals surface area contributed by atoms with Crippen LogP contribution in [0.3, 0.4) is 0 Å². The fourth-order valence-electron chi connectivity index (χ4n) is 3.77. The molecule has 0 saturated heterocycles. The summed E-state index contributed by atoms with van der Waals surface area (Å²) in [6.07, 6.45) is 2.66. The Hall–Kier alpha value is -2.76. The number of aryl methyl sites for hydroxylation is 2. The van der Waals surface area contributed by atoms with Gasteiger partial charge in [-0.2, -0.15) is 0 Å². The van der Waals surface area contributed by atoms with E-state index in [1.54, 1.807) is 14.0 Å². The largest absolute Gasteiger partial charge is 0.512 e. The zero-order chi connectivity index (χ0) is 22.4. The van der Waals surface area contributed by atoms with Crippen LogP contribution in [0.15, 0.2) is 53.8 Å². The van der Waals surface area contributed by atoms with Gasteiger partial charge in [0.15, 0.2) is 0 Å². The lowest BCUT2D eigenvalue weighted by Crippen LogP contribution is -2.36. The number of hydrogen-bond acceptors (Lipinski definition) is 5. The van der Waals surface area contributed by atoms with Crippen LogP contribution < -0.4 is 4.74 Å². The maximum Gasteiger partial charge on any atom is 0.338 e. The van der Waals surface area contributed by atoms with Gasteiger partial charge in [0.1, 0.15) is 11.5 Å². The van der Waals surface area contributed by atoms with Gasteiger partial charge in [-0.25, -0.2) is 4.79 Å². The number of rotatable bonds is 5. The van der Waals surface area contributed by atoms with Gasteiger partial charge in [0.2, 0.25) is 0 Å². The highest BCUT2D eigenvalue weighted by atomic mass is 35.5. The number of benzene rings is 2. The smallest absolute Gasteiger partial charge is 0.338 e.